The Bertz CT molecular complexity index is 384. The summed E-state index contributed by atoms with van der Waals surface area (Å²) in [6.45, 7) is 5.64. The first-order chi connectivity index (χ1) is 9.15. The molecule has 0 aromatic heterocycles. The zero-order valence-corrected chi connectivity index (χ0v) is 13.2. The summed E-state index contributed by atoms with van der Waals surface area (Å²) in [5.74, 6) is 0.939. The molecule has 1 rings (SSSR count). The number of nitrogens with one attached hydrogen (secondary N) is 1. The van der Waals surface area contributed by atoms with Gasteiger partial charge < -0.3 is 10.2 Å². The Morgan fingerprint density at radius 3 is 2.68 bits per heavy atom. The highest BCUT2D eigenvalue weighted by molar-refractivity contribution is 7.98. The third kappa shape index (κ3) is 4.39. The van der Waals surface area contributed by atoms with Crippen LogP contribution in [0.2, 0.25) is 0 Å². The molecule has 0 spiro atoms. The summed E-state index contributed by atoms with van der Waals surface area (Å²) >= 11 is 1.83. The molecular weight excluding hydrogens is 259 g/mol. The molecule has 0 amide bonds. The van der Waals surface area contributed by atoms with Gasteiger partial charge >= 0.3 is 0 Å². The molecule has 19 heavy (non-hydrogen) atoms. The van der Waals surface area contributed by atoms with Crippen LogP contribution in [0.25, 0.3) is 0 Å². The van der Waals surface area contributed by atoms with Crippen LogP contribution < -0.4 is 10.2 Å². The number of anilines is 1. The standard InChI is InChI=1S/C15H25FN2S/c1-5-12(11-19-4)18(3)15-9-7-8-14(16)13(15)10-17-6-2/h7-9,12,17H,5-6,10-11H2,1-4H3. The Morgan fingerprint density at radius 1 is 1.37 bits per heavy atom. The average molecular weight is 284 g/mol. The zero-order chi connectivity index (χ0) is 14.3. The molecular formula is C15H25FN2S. The van der Waals surface area contributed by atoms with E-state index in [0.29, 0.717) is 12.6 Å². The van der Waals surface area contributed by atoms with Gasteiger partial charge in [0, 0.05) is 36.6 Å². The van der Waals surface area contributed by atoms with Crippen molar-refractivity contribution in [1.82, 2.24) is 5.32 Å². The first-order valence-electron chi connectivity index (χ1n) is 6.85. The van der Waals surface area contributed by atoms with Gasteiger partial charge in [-0.3, -0.25) is 0 Å². The fourth-order valence-corrected chi connectivity index (χ4v) is 3.04. The molecule has 1 unspecified atom stereocenters. The fraction of sp³-hybridized carbons (Fsp3) is 0.600. The van der Waals surface area contributed by atoms with E-state index in [9.17, 15) is 4.39 Å². The second-order valence-corrected chi connectivity index (χ2v) is 5.56. The molecule has 0 aliphatic rings. The van der Waals surface area contributed by atoms with Crippen molar-refractivity contribution in [1.29, 1.82) is 0 Å². The topological polar surface area (TPSA) is 15.3 Å². The van der Waals surface area contributed by atoms with Crippen LogP contribution in [0.4, 0.5) is 10.1 Å². The minimum absolute atomic E-state index is 0.121. The van der Waals surface area contributed by atoms with Crippen molar-refractivity contribution in [3.05, 3.63) is 29.6 Å². The molecule has 2 nitrogen and oxygen atoms in total. The van der Waals surface area contributed by atoms with E-state index in [1.54, 1.807) is 12.1 Å². The highest BCUT2D eigenvalue weighted by Gasteiger charge is 2.17. The number of hydrogen-bond donors (Lipinski definition) is 1. The van der Waals surface area contributed by atoms with Crippen molar-refractivity contribution in [3.8, 4) is 0 Å². The minimum atomic E-state index is -0.121. The summed E-state index contributed by atoms with van der Waals surface area (Å²) in [6, 6.07) is 5.79. The zero-order valence-electron chi connectivity index (χ0n) is 12.4. The largest absolute Gasteiger partial charge is 0.370 e. The average Bonchev–Trinajstić information content (AvgIpc) is 2.42. The van der Waals surface area contributed by atoms with Gasteiger partial charge in [-0.1, -0.05) is 19.9 Å². The lowest BCUT2D eigenvalue weighted by Crippen LogP contribution is -2.34. The van der Waals surface area contributed by atoms with Crippen LogP contribution >= 0.6 is 11.8 Å². The van der Waals surface area contributed by atoms with Crippen LogP contribution in [-0.2, 0) is 6.54 Å². The lowest BCUT2D eigenvalue weighted by molar-refractivity contribution is 0.587. The Morgan fingerprint density at radius 2 is 2.11 bits per heavy atom. The quantitative estimate of drug-likeness (QED) is 0.786. The van der Waals surface area contributed by atoms with E-state index in [1.807, 2.05) is 24.8 Å². The van der Waals surface area contributed by atoms with Gasteiger partial charge in [0.25, 0.3) is 0 Å². The molecule has 0 aliphatic carbocycles. The molecule has 0 saturated heterocycles. The molecule has 1 aromatic carbocycles. The number of rotatable bonds is 8. The van der Waals surface area contributed by atoms with Gasteiger partial charge in [0.1, 0.15) is 5.82 Å². The monoisotopic (exact) mass is 284 g/mol. The van der Waals surface area contributed by atoms with E-state index in [4.69, 9.17) is 0 Å². The van der Waals surface area contributed by atoms with Crippen LogP contribution in [0.5, 0.6) is 0 Å². The van der Waals surface area contributed by atoms with Gasteiger partial charge in [-0.2, -0.15) is 11.8 Å². The first-order valence-corrected chi connectivity index (χ1v) is 8.24. The number of hydrogen-bond acceptors (Lipinski definition) is 3. The minimum Gasteiger partial charge on any atom is -0.370 e. The number of thioether (sulfide) groups is 1. The normalized spacial score (nSPS) is 12.5. The molecule has 0 fully saturated rings. The van der Waals surface area contributed by atoms with E-state index in [-0.39, 0.29) is 5.82 Å². The molecule has 0 radical (unpaired) electrons. The van der Waals surface area contributed by atoms with Crippen molar-refractivity contribution in [3.63, 3.8) is 0 Å². The number of benzene rings is 1. The molecule has 108 valence electrons. The number of nitrogens with zero attached hydrogens (tertiary/aromatic N) is 1. The van der Waals surface area contributed by atoms with Crippen LogP contribution in [0.15, 0.2) is 18.2 Å². The third-order valence-corrected chi connectivity index (χ3v) is 4.12. The second kappa shape index (κ2) is 8.43. The number of halogens is 1. The summed E-state index contributed by atoms with van der Waals surface area (Å²) in [7, 11) is 2.06. The molecule has 0 heterocycles. The molecule has 1 aromatic rings. The summed E-state index contributed by atoms with van der Waals surface area (Å²) < 4.78 is 14.0. The maximum Gasteiger partial charge on any atom is 0.129 e. The van der Waals surface area contributed by atoms with E-state index in [1.165, 1.54) is 0 Å². The van der Waals surface area contributed by atoms with E-state index in [2.05, 4.69) is 30.4 Å². The SMILES string of the molecule is CCNCc1c(F)cccc1N(C)C(CC)CSC. The lowest BCUT2D eigenvalue weighted by Gasteiger charge is -2.31. The van der Waals surface area contributed by atoms with Gasteiger partial charge in [0.05, 0.1) is 0 Å². The third-order valence-electron chi connectivity index (χ3n) is 3.40. The highest BCUT2D eigenvalue weighted by Crippen LogP contribution is 2.25. The Labute approximate surface area is 120 Å². The molecule has 4 heteroatoms. The Kier molecular flexibility index (Phi) is 7.24. The van der Waals surface area contributed by atoms with Crippen LogP contribution in [0.1, 0.15) is 25.8 Å². The Balaban J connectivity index is 2.99. The Hall–Kier alpha value is -0.740. The smallest absolute Gasteiger partial charge is 0.129 e. The van der Waals surface area contributed by atoms with E-state index in [0.717, 1.165) is 30.0 Å². The van der Waals surface area contributed by atoms with Gasteiger partial charge in [0.15, 0.2) is 0 Å². The van der Waals surface area contributed by atoms with Crippen LogP contribution in [-0.4, -0.2) is 31.6 Å². The van der Waals surface area contributed by atoms with Gasteiger partial charge in [-0.15, -0.1) is 0 Å². The molecule has 0 bridgehead atoms. The maximum atomic E-state index is 14.0. The van der Waals surface area contributed by atoms with Crippen LogP contribution in [0, 0.1) is 5.82 Å². The second-order valence-electron chi connectivity index (χ2n) is 4.65. The maximum absolute atomic E-state index is 14.0. The predicted molar refractivity (Wildman–Crippen MR) is 84.6 cm³/mol. The molecule has 1 N–H and O–H groups in total. The first kappa shape index (κ1) is 16.3. The van der Waals surface area contributed by atoms with Crippen molar-refractivity contribution >= 4 is 17.4 Å². The highest BCUT2D eigenvalue weighted by atomic mass is 32.2. The van der Waals surface area contributed by atoms with Crippen molar-refractivity contribution in [2.75, 3.05) is 30.5 Å². The van der Waals surface area contributed by atoms with E-state index < -0.39 is 0 Å². The molecule has 0 aliphatic heterocycles. The van der Waals surface area contributed by atoms with Crippen molar-refractivity contribution in [2.45, 2.75) is 32.9 Å². The van der Waals surface area contributed by atoms with Gasteiger partial charge in [0.2, 0.25) is 0 Å². The van der Waals surface area contributed by atoms with Crippen LogP contribution in [0.3, 0.4) is 0 Å². The van der Waals surface area contributed by atoms with Gasteiger partial charge in [-0.25, -0.2) is 4.39 Å². The lowest BCUT2D eigenvalue weighted by atomic mass is 10.1. The summed E-state index contributed by atoms with van der Waals surface area (Å²) in [5.41, 5.74) is 1.77. The predicted octanol–water partition coefficient (Wildman–Crippen LogP) is 3.51. The van der Waals surface area contributed by atoms with Crippen molar-refractivity contribution in [2.24, 2.45) is 0 Å². The molecule has 0 saturated carbocycles. The summed E-state index contributed by atoms with van der Waals surface area (Å²) in [5, 5.41) is 3.22. The summed E-state index contributed by atoms with van der Waals surface area (Å²) in [6.07, 6.45) is 3.18. The van der Waals surface area contributed by atoms with E-state index >= 15 is 0 Å². The van der Waals surface area contributed by atoms with Gasteiger partial charge in [-0.05, 0) is 31.4 Å². The molecule has 1 atom stereocenters. The summed E-state index contributed by atoms with van der Waals surface area (Å²) in [4.78, 5) is 2.21. The van der Waals surface area contributed by atoms with Crippen molar-refractivity contribution < 1.29 is 4.39 Å². The fourth-order valence-electron chi connectivity index (χ4n) is 2.20.